The number of hydrogen-bond donors (Lipinski definition) is 0. The summed E-state index contributed by atoms with van der Waals surface area (Å²) in [7, 11) is 0. The van der Waals surface area contributed by atoms with Crippen molar-refractivity contribution in [1.29, 1.82) is 0 Å². The molecule has 0 fully saturated rings. The molecule has 9 aromatic carbocycles. The van der Waals surface area contributed by atoms with Crippen molar-refractivity contribution in [2.75, 3.05) is 4.90 Å². The van der Waals surface area contributed by atoms with Crippen LogP contribution in [0.5, 0.6) is 0 Å². The summed E-state index contributed by atoms with van der Waals surface area (Å²) in [6.45, 7) is 0. The smallest absolute Gasteiger partial charge is 0.164 e. The predicted octanol–water partition coefficient (Wildman–Crippen LogP) is 14.0. The second-order valence-electron chi connectivity index (χ2n) is 14.4. The molecule has 0 atom stereocenters. The average molecular weight is 727 g/mol. The Balaban J connectivity index is 1.08. The number of nitrogens with zero attached hydrogens (tertiary/aromatic N) is 4. The number of anilines is 3. The predicted molar refractivity (Wildman–Crippen MR) is 236 cm³/mol. The molecule has 11 rings (SSSR count). The van der Waals surface area contributed by atoms with Gasteiger partial charge in [-0.15, -0.1) is 0 Å². The molecule has 266 valence electrons. The Morgan fingerprint density at radius 3 is 1.60 bits per heavy atom. The second-order valence-corrected chi connectivity index (χ2v) is 14.4. The highest BCUT2D eigenvalue weighted by Crippen LogP contribution is 2.53. The summed E-state index contributed by atoms with van der Waals surface area (Å²) < 4.78 is 0. The molecule has 1 aromatic heterocycles. The fraction of sp³-hybridized carbons (Fsp3) is 0. The summed E-state index contributed by atoms with van der Waals surface area (Å²) in [6, 6.07) is 72.9. The fourth-order valence-electron chi connectivity index (χ4n) is 8.26. The van der Waals surface area contributed by atoms with Crippen molar-refractivity contribution in [3.05, 3.63) is 206 Å². The van der Waals surface area contributed by atoms with Crippen molar-refractivity contribution >= 4 is 38.6 Å². The van der Waals surface area contributed by atoms with Gasteiger partial charge in [0, 0.05) is 33.3 Å². The van der Waals surface area contributed by atoms with Crippen LogP contribution in [0.1, 0.15) is 0 Å². The molecule has 4 nitrogen and oxygen atoms in total. The summed E-state index contributed by atoms with van der Waals surface area (Å²) in [5, 5.41) is 4.72. The molecule has 0 saturated carbocycles. The van der Waals surface area contributed by atoms with Crippen LogP contribution < -0.4 is 4.90 Å². The van der Waals surface area contributed by atoms with E-state index in [9.17, 15) is 0 Å². The number of hydrogen-bond acceptors (Lipinski definition) is 4. The summed E-state index contributed by atoms with van der Waals surface area (Å²) in [5.74, 6) is 1.91. The highest BCUT2D eigenvalue weighted by Gasteiger charge is 2.28. The summed E-state index contributed by atoms with van der Waals surface area (Å²) in [4.78, 5) is 17.9. The van der Waals surface area contributed by atoms with Gasteiger partial charge in [0.2, 0.25) is 0 Å². The quantitative estimate of drug-likeness (QED) is 0.171. The van der Waals surface area contributed by atoms with Gasteiger partial charge in [0.15, 0.2) is 17.5 Å². The Hall–Kier alpha value is -7.69. The molecule has 0 radical (unpaired) electrons. The van der Waals surface area contributed by atoms with E-state index in [0.717, 1.165) is 44.7 Å². The molecule has 0 saturated heterocycles. The normalized spacial score (nSPS) is 11.8. The minimum absolute atomic E-state index is 0.633. The van der Waals surface area contributed by atoms with Gasteiger partial charge in [-0.1, -0.05) is 170 Å². The van der Waals surface area contributed by atoms with Crippen LogP contribution in [0.25, 0.3) is 89.1 Å². The molecule has 0 N–H and O–H groups in total. The van der Waals surface area contributed by atoms with Crippen molar-refractivity contribution in [3.63, 3.8) is 0 Å². The number of benzene rings is 9. The Kier molecular flexibility index (Phi) is 7.78. The highest BCUT2D eigenvalue weighted by molar-refractivity contribution is 6.17. The molecule has 1 aliphatic rings. The maximum atomic E-state index is 5.23. The molecule has 10 aromatic rings. The highest BCUT2D eigenvalue weighted by atomic mass is 15.2. The van der Waals surface area contributed by atoms with Crippen molar-refractivity contribution in [2.45, 2.75) is 0 Å². The van der Waals surface area contributed by atoms with Gasteiger partial charge in [-0.25, -0.2) is 15.0 Å². The van der Waals surface area contributed by atoms with Gasteiger partial charge >= 0.3 is 0 Å². The average Bonchev–Trinajstić information content (AvgIpc) is 3.29. The lowest BCUT2D eigenvalue weighted by Crippen LogP contribution is -2.15. The summed E-state index contributed by atoms with van der Waals surface area (Å²) in [6.07, 6.45) is 0. The maximum absolute atomic E-state index is 5.23. The number of para-hydroxylation sites is 1. The second kappa shape index (κ2) is 13.6. The lowest BCUT2D eigenvalue weighted by molar-refractivity contribution is 1.08. The van der Waals surface area contributed by atoms with E-state index in [-0.39, 0.29) is 0 Å². The number of rotatable bonds is 6. The number of fused-ring (bicyclic) bond motifs is 3. The third kappa shape index (κ3) is 5.74. The fourth-order valence-corrected chi connectivity index (χ4v) is 8.26. The largest absolute Gasteiger partial charge is 0.309 e. The van der Waals surface area contributed by atoms with Gasteiger partial charge in [0.05, 0.1) is 11.4 Å². The molecule has 2 heterocycles. The zero-order chi connectivity index (χ0) is 37.7. The van der Waals surface area contributed by atoms with Crippen LogP contribution in [0.3, 0.4) is 0 Å². The van der Waals surface area contributed by atoms with E-state index < -0.39 is 0 Å². The van der Waals surface area contributed by atoms with Crippen LogP contribution in [0.2, 0.25) is 0 Å². The molecule has 0 aliphatic carbocycles. The first-order valence-corrected chi connectivity index (χ1v) is 19.3. The van der Waals surface area contributed by atoms with Crippen molar-refractivity contribution < 1.29 is 0 Å². The zero-order valence-electron chi connectivity index (χ0n) is 30.9. The van der Waals surface area contributed by atoms with Crippen LogP contribution in [-0.2, 0) is 0 Å². The van der Waals surface area contributed by atoms with Gasteiger partial charge in [-0.3, -0.25) is 0 Å². The van der Waals surface area contributed by atoms with E-state index in [0.29, 0.717) is 17.5 Å². The van der Waals surface area contributed by atoms with E-state index in [1.54, 1.807) is 0 Å². The van der Waals surface area contributed by atoms with Crippen LogP contribution in [0, 0.1) is 0 Å². The van der Waals surface area contributed by atoms with Gasteiger partial charge in [-0.2, -0.15) is 0 Å². The monoisotopic (exact) mass is 726 g/mol. The molecule has 0 spiro atoms. The van der Waals surface area contributed by atoms with Crippen LogP contribution in [0.4, 0.5) is 17.1 Å². The lowest BCUT2D eigenvalue weighted by Gasteiger charge is -2.34. The first-order chi connectivity index (χ1) is 28.2. The van der Waals surface area contributed by atoms with Crippen LogP contribution in [0.15, 0.2) is 206 Å². The Labute approximate surface area is 331 Å². The summed E-state index contributed by atoms with van der Waals surface area (Å²) >= 11 is 0. The Bertz CT molecular complexity index is 3110. The third-order valence-electron chi connectivity index (χ3n) is 11.0. The molecule has 1 aliphatic heterocycles. The van der Waals surface area contributed by atoms with Gasteiger partial charge in [0.25, 0.3) is 0 Å². The minimum Gasteiger partial charge on any atom is -0.309 e. The molecule has 4 heteroatoms. The third-order valence-corrected chi connectivity index (χ3v) is 11.0. The van der Waals surface area contributed by atoms with E-state index in [4.69, 9.17) is 15.0 Å². The van der Waals surface area contributed by atoms with E-state index >= 15 is 0 Å². The maximum Gasteiger partial charge on any atom is 0.164 e. The zero-order valence-corrected chi connectivity index (χ0v) is 30.9. The van der Waals surface area contributed by atoms with Crippen molar-refractivity contribution in [3.8, 4) is 67.5 Å². The molecule has 0 bridgehead atoms. The Morgan fingerprint density at radius 2 is 0.842 bits per heavy atom. The lowest BCUT2D eigenvalue weighted by atomic mass is 9.87. The van der Waals surface area contributed by atoms with E-state index in [1.807, 2.05) is 18.2 Å². The van der Waals surface area contributed by atoms with E-state index in [1.165, 1.54) is 44.0 Å². The first-order valence-electron chi connectivity index (χ1n) is 19.3. The first kappa shape index (κ1) is 32.7. The van der Waals surface area contributed by atoms with E-state index in [2.05, 4.69) is 193 Å². The topological polar surface area (TPSA) is 41.9 Å². The standard InChI is InChI=1S/C53H34N4/c1-4-13-35(14-5-1)42-29-30-44-45-21-12-22-46-47(31-32-48(50(45)46)57(49(44)34-42)43-19-8-3-9-20-43)53-55-51(38-16-6-2-7-17-38)54-52(56-53)39-26-23-37(24-27-39)41-28-25-36-15-10-11-18-40(36)33-41/h1-34H. The summed E-state index contributed by atoms with van der Waals surface area (Å²) in [5.41, 5.74) is 13.3. The number of aromatic nitrogens is 3. The van der Waals surface area contributed by atoms with Gasteiger partial charge in [-0.05, 0) is 80.4 Å². The van der Waals surface area contributed by atoms with Gasteiger partial charge in [0.1, 0.15) is 0 Å². The molecule has 0 amide bonds. The van der Waals surface area contributed by atoms with Gasteiger partial charge < -0.3 is 4.90 Å². The minimum atomic E-state index is 0.633. The van der Waals surface area contributed by atoms with Crippen molar-refractivity contribution in [2.24, 2.45) is 0 Å². The molecular formula is C53H34N4. The van der Waals surface area contributed by atoms with Crippen LogP contribution >= 0.6 is 0 Å². The molecule has 57 heavy (non-hydrogen) atoms. The SMILES string of the molecule is c1ccc(-c2ccc3c(c2)N(c2ccccc2)c2ccc(-c4nc(-c5ccccc5)nc(-c5ccc(-c6ccc7ccccc7c6)cc5)n4)c4cccc-3c24)cc1. The molecular weight excluding hydrogens is 693 g/mol. The van der Waals surface area contributed by atoms with Crippen molar-refractivity contribution in [1.82, 2.24) is 15.0 Å². The molecule has 0 unspecified atom stereocenters. The van der Waals surface area contributed by atoms with Crippen LogP contribution in [-0.4, -0.2) is 15.0 Å². The Morgan fingerprint density at radius 1 is 0.298 bits per heavy atom.